The molecule has 0 unspecified atom stereocenters. The summed E-state index contributed by atoms with van der Waals surface area (Å²) in [5.74, 6) is 1.12. The number of hydrogen-bond donors (Lipinski definition) is 2. The lowest BCUT2D eigenvalue weighted by atomic mass is 10.4. The third-order valence-corrected chi connectivity index (χ3v) is 4.86. The van der Waals surface area contributed by atoms with Crippen molar-refractivity contribution in [2.24, 2.45) is 0 Å². The topological polar surface area (TPSA) is 115 Å². The average molecular weight is 408 g/mol. The first-order chi connectivity index (χ1) is 13.5. The summed E-state index contributed by atoms with van der Waals surface area (Å²) < 4.78 is 12.8. The van der Waals surface area contributed by atoms with Gasteiger partial charge >= 0.3 is 6.03 Å². The lowest BCUT2D eigenvalue weighted by Gasteiger charge is -2.27. The molecule has 0 saturated carbocycles. The molecule has 152 valence electrons. The molecule has 0 atom stereocenters. The molecule has 11 heteroatoms. The number of imide groups is 1. The molecule has 1 aliphatic heterocycles. The molecule has 2 aromatic rings. The quantitative estimate of drug-likeness (QED) is 0.654. The molecule has 28 heavy (non-hydrogen) atoms. The van der Waals surface area contributed by atoms with Gasteiger partial charge in [-0.25, -0.2) is 4.79 Å². The van der Waals surface area contributed by atoms with Crippen LogP contribution < -0.4 is 15.5 Å². The second-order valence-electron chi connectivity index (χ2n) is 6.51. The molecule has 0 radical (unpaired) electrons. The van der Waals surface area contributed by atoms with Crippen molar-refractivity contribution in [2.75, 3.05) is 37.0 Å². The summed E-state index contributed by atoms with van der Waals surface area (Å²) in [4.78, 5) is 25.8. The van der Waals surface area contributed by atoms with Crippen LogP contribution in [0.1, 0.15) is 19.6 Å². The van der Waals surface area contributed by atoms with Gasteiger partial charge in [0.05, 0.1) is 31.8 Å². The minimum absolute atomic E-state index is 0.0465. The molecule has 0 aliphatic carbocycles. The standard InChI is InChI=1S/C17H24N6O4S/c1-12(2)18-15(25)19-14(24)11-28-17-21-20-16(22-5-8-26-9-6-22)23(17)10-13-4-3-7-27-13/h3-4,7,12H,5-6,8-11H2,1-2H3,(H2,18,19,24,25). The number of ether oxygens (including phenoxy) is 1. The molecule has 3 amide bonds. The van der Waals surface area contributed by atoms with Crippen LogP contribution in [0.15, 0.2) is 28.0 Å². The van der Waals surface area contributed by atoms with Gasteiger partial charge < -0.3 is 19.4 Å². The zero-order valence-corrected chi connectivity index (χ0v) is 16.7. The van der Waals surface area contributed by atoms with Gasteiger partial charge in [-0.05, 0) is 26.0 Å². The van der Waals surface area contributed by atoms with Crippen LogP contribution in [0.25, 0.3) is 0 Å². The number of hydrogen-bond acceptors (Lipinski definition) is 8. The number of amides is 3. The van der Waals surface area contributed by atoms with E-state index in [1.807, 2.05) is 30.5 Å². The van der Waals surface area contributed by atoms with E-state index in [0.717, 1.165) is 18.8 Å². The summed E-state index contributed by atoms with van der Waals surface area (Å²) in [6.45, 7) is 6.79. The average Bonchev–Trinajstić information content (AvgIpc) is 3.30. The SMILES string of the molecule is CC(C)NC(=O)NC(=O)CSc1nnc(N2CCOCC2)n1Cc1ccco1. The van der Waals surface area contributed by atoms with Crippen molar-refractivity contribution < 1.29 is 18.7 Å². The van der Waals surface area contributed by atoms with Crippen molar-refractivity contribution >= 4 is 29.6 Å². The van der Waals surface area contributed by atoms with Gasteiger partial charge in [-0.2, -0.15) is 0 Å². The summed E-state index contributed by atoms with van der Waals surface area (Å²) in [7, 11) is 0. The Labute approximate surface area is 167 Å². The van der Waals surface area contributed by atoms with E-state index in [1.54, 1.807) is 6.26 Å². The highest BCUT2D eigenvalue weighted by Crippen LogP contribution is 2.24. The highest BCUT2D eigenvalue weighted by atomic mass is 32.2. The zero-order valence-electron chi connectivity index (χ0n) is 15.9. The highest BCUT2D eigenvalue weighted by Gasteiger charge is 2.22. The van der Waals surface area contributed by atoms with Crippen molar-refractivity contribution in [1.82, 2.24) is 25.4 Å². The predicted molar refractivity (Wildman–Crippen MR) is 103 cm³/mol. The maximum Gasteiger partial charge on any atom is 0.321 e. The number of furan rings is 1. The minimum Gasteiger partial charge on any atom is -0.467 e. The molecule has 0 spiro atoms. The van der Waals surface area contributed by atoms with Crippen LogP contribution >= 0.6 is 11.8 Å². The molecule has 3 heterocycles. The molecule has 10 nitrogen and oxygen atoms in total. The summed E-state index contributed by atoms with van der Waals surface area (Å²) in [5, 5.41) is 14.1. The van der Waals surface area contributed by atoms with Crippen LogP contribution in [-0.4, -0.2) is 64.8 Å². The molecule has 0 aromatic carbocycles. The number of aromatic nitrogens is 3. The fraction of sp³-hybridized carbons (Fsp3) is 0.529. The van der Waals surface area contributed by atoms with Gasteiger partial charge in [-0.15, -0.1) is 10.2 Å². The van der Waals surface area contributed by atoms with E-state index in [-0.39, 0.29) is 11.8 Å². The Kier molecular flexibility index (Phi) is 6.93. The van der Waals surface area contributed by atoms with Crippen molar-refractivity contribution in [1.29, 1.82) is 0 Å². The summed E-state index contributed by atoms with van der Waals surface area (Å²) in [6, 6.07) is 3.14. The number of carbonyl (C=O) groups is 2. The van der Waals surface area contributed by atoms with E-state index >= 15 is 0 Å². The molecular weight excluding hydrogens is 384 g/mol. The van der Waals surface area contributed by atoms with Crippen LogP contribution in [0.2, 0.25) is 0 Å². The fourth-order valence-corrected chi connectivity index (χ4v) is 3.41. The van der Waals surface area contributed by atoms with E-state index in [9.17, 15) is 9.59 Å². The Balaban J connectivity index is 1.68. The second-order valence-corrected chi connectivity index (χ2v) is 7.46. The molecule has 3 rings (SSSR count). The number of rotatable bonds is 7. The molecule has 0 bridgehead atoms. The first-order valence-electron chi connectivity index (χ1n) is 9.04. The van der Waals surface area contributed by atoms with Gasteiger partial charge in [0.2, 0.25) is 11.9 Å². The second kappa shape index (κ2) is 9.60. The number of carbonyl (C=O) groups excluding carboxylic acids is 2. The van der Waals surface area contributed by atoms with Gasteiger partial charge in [0, 0.05) is 19.1 Å². The summed E-state index contributed by atoms with van der Waals surface area (Å²) >= 11 is 1.22. The van der Waals surface area contributed by atoms with Gasteiger partial charge in [0.15, 0.2) is 5.16 Å². The Morgan fingerprint density at radius 3 is 2.75 bits per heavy atom. The monoisotopic (exact) mass is 408 g/mol. The van der Waals surface area contributed by atoms with E-state index < -0.39 is 11.9 Å². The Hall–Kier alpha value is -2.53. The van der Waals surface area contributed by atoms with Crippen LogP contribution in [0.4, 0.5) is 10.7 Å². The van der Waals surface area contributed by atoms with Crippen LogP contribution in [0, 0.1) is 0 Å². The normalized spacial score (nSPS) is 14.3. The maximum atomic E-state index is 12.0. The maximum absolute atomic E-state index is 12.0. The third-order valence-electron chi connectivity index (χ3n) is 3.89. The Bertz CT molecular complexity index is 786. The van der Waals surface area contributed by atoms with Crippen molar-refractivity contribution in [2.45, 2.75) is 31.6 Å². The number of thioether (sulfide) groups is 1. The van der Waals surface area contributed by atoms with E-state index in [4.69, 9.17) is 9.15 Å². The van der Waals surface area contributed by atoms with Gasteiger partial charge in [0.25, 0.3) is 0 Å². The summed E-state index contributed by atoms with van der Waals surface area (Å²) in [6.07, 6.45) is 1.61. The Morgan fingerprint density at radius 1 is 1.29 bits per heavy atom. The highest BCUT2D eigenvalue weighted by molar-refractivity contribution is 7.99. The van der Waals surface area contributed by atoms with Gasteiger partial charge in [-0.3, -0.25) is 14.7 Å². The number of urea groups is 1. The molecule has 2 N–H and O–H groups in total. The molecule has 1 aliphatic rings. The first-order valence-corrected chi connectivity index (χ1v) is 10.0. The number of nitrogens with one attached hydrogen (secondary N) is 2. The predicted octanol–water partition coefficient (Wildman–Crippen LogP) is 1.08. The van der Waals surface area contributed by atoms with Crippen LogP contribution in [0.5, 0.6) is 0 Å². The first kappa shape index (κ1) is 20.2. The molecular formula is C17H24N6O4S. The Morgan fingerprint density at radius 2 is 2.07 bits per heavy atom. The number of anilines is 1. The van der Waals surface area contributed by atoms with E-state index in [1.165, 1.54) is 11.8 Å². The minimum atomic E-state index is -0.508. The zero-order chi connectivity index (χ0) is 19.9. The van der Waals surface area contributed by atoms with E-state index in [2.05, 4.69) is 25.7 Å². The molecule has 1 saturated heterocycles. The van der Waals surface area contributed by atoms with Crippen LogP contribution in [0.3, 0.4) is 0 Å². The third kappa shape index (κ3) is 5.49. The summed E-state index contributed by atoms with van der Waals surface area (Å²) in [5.41, 5.74) is 0. The van der Waals surface area contributed by atoms with Crippen molar-refractivity contribution in [3.05, 3.63) is 24.2 Å². The lowest BCUT2D eigenvalue weighted by Crippen LogP contribution is -2.43. The van der Waals surface area contributed by atoms with Gasteiger partial charge in [0.1, 0.15) is 5.76 Å². The van der Waals surface area contributed by atoms with Crippen molar-refractivity contribution in [3.63, 3.8) is 0 Å². The molecule has 2 aromatic heterocycles. The molecule has 1 fully saturated rings. The number of nitrogens with zero attached hydrogens (tertiary/aromatic N) is 4. The van der Waals surface area contributed by atoms with Crippen LogP contribution in [-0.2, 0) is 16.1 Å². The van der Waals surface area contributed by atoms with Crippen molar-refractivity contribution in [3.8, 4) is 0 Å². The smallest absolute Gasteiger partial charge is 0.321 e. The largest absolute Gasteiger partial charge is 0.467 e. The van der Waals surface area contributed by atoms with E-state index in [0.29, 0.717) is 30.9 Å². The van der Waals surface area contributed by atoms with Gasteiger partial charge in [-0.1, -0.05) is 11.8 Å². The number of morpholine rings is 1. The fourth-order valence-electron chi connectivity index (χ4n) is 2.67. The lowest BCUT2D eigenvalue weighted by molar-refractivity contribution is -0.117.